The molecule has 12 heteroatoms. The lowest BCUT2D eigenvalue weighted by atomic mass is 9.86. The number of amides is 2. The van der Waals surface area contributed by atoms with Crippen LogP contribution in [0.25, 0.3) is 11.3 Å². The second kappa shape index (κ2) is 11.1. The molecular formula is C26H36F3N7O2. The maximum atomic E-state index is 14.7. The van der Waals surface area contributed by atoms with Gasteiger partial charge in [0.2, 0.25) is 5.91 Å². The Morgan fingerprint density at radius 1 is 1.13 bits per heavy atom. The van der Waals surface area contributed by atoms with Crippen LogP contribution >= 0.6 is 0 Å². The SMILES string of the molecule is CC(C)CC(NC(=O)C(NC(=O)n1nc(-c2cc(F)c(F)cc2F)c2c1CCN(C)C2)C(C)(C)C)C(=N)N. The van der Waals surface area contributed by atoms with E-state index in [1.165, 1.54) is 0 Å². The number of nitrogens with two attached hydrogens (primary N) is 1. The van der Waals surface area contributed by atoms with Gasteiger partial charge >= 0.3 is 6.03 Å². The van der Waals surface area contributed by atoms with E-state index in [9.17, 15) is 22.8 Å². The zero-order valence-corrected chi connectivity index (χ0v) is 22.6. The zero-order valence-electron chi connectivity index (χ0n) is 22.6. The monoisotopic (exact) mass is 535 g/mol. The average Bonchev–Trinajstić information content (AvgIpc) is 3.16. The molecule has 1 aliphatic rings. The first-order valence-electron chi connectivity index (χ1n) is 12.5. The molecule has 3 rings (SSSR count). The Hall–Kier alpha value is -3.41. The quantitative estimate of drug-likeness (QED) is 0.245. The van der Waals surface area contributed by atoms with E-state index in [4.69, 9.17) is 11.1 Å². The fraction of sp³-hybridized carbons (Fsp3) is 0.538. The van der Waals surface area contributed by atoms with Crippen molar-refractivity contribution in [1.29, 1.82) is 5.41 Å². The molecule has 0 saturated carbocycles. The van der Waals surface area contributed by atoms with Crippen molar-refractivity contribution in [2.45, 2.75) is 66.1 Å². The van der Waals surface area contributed by atoms with E-state index in [2.05, 4.69) is 15.7 Å². The zero-order chi connectivity index (χ0) is 28.5. The summed E-state index contributed by atoms with van der Waals surface area (Å²) in [5.41, 5.74) is 5.74. The molecule has 2 atom stereocenters. The third-order valence-electron chi connectivity index (χ3n) is 6.50. The van der Waals surface area contributed by atoms with Gasteiger partial charge in [-0.05, 0) is 30.9 Å². The summed E-state index contributed by atoms with van der Waals surface area (Å²) in [7, 11) is 1.84. The van der Waals surface area contributed by atoms with Crippen molar-refractivity contribution in [2.24, 2.45) is 17.1 Å². The van der Waals surface area contributed by atoms with Gasteiger partial charge in [0.15, 0.2) is 11.6 Å². The summed E-state index contributed by atoms with van der Waals surface area (Å²) in [6, 6.07) is -1.27. The Bertz CT molecular complexity index is 1240. The molecule has 2 amide bonds. The minimum Gasteiger partial charge on any atom is -0.386 e. The Balaban J connectivity index is 1.99. The number of hydrogen-bond donors (Lipinski definition) is 4. The first-order chi connectivity index (χ1) is 17.6. The number of benzene rings is 1. The van der Waals surface area contributed by atoms with Crippen LogP contribution in [0.3, 0.4) is 0 Å². The molecule has 0 spiro atoms. The summed E-state index contributed by atoms with van der Waals surface area (Å²) in [4.78, 5) is 28.7. The topological polar surface area (TPSA) is 129 Å². The van der Waals surface area contributed by atoms with Crippen molar-refractivity contribution >= 4 is 17.8 Å². The Morgan fingerprint density at radius 3 is 2.34 bits per heavy atom. The molecular weight excluding hydrogens is 499 g/mol. The van der Waals surface area contributed by atoms with Crippen LogP contribution in [-0.2, 0) is 17.8 Å². The molecule has 1 aliphatic heterocycles. The van der Waals surface area contributed by atoms with E-state index >= 15 is 0 Å². The van der Waals surface area contributed by atoms with Gasteiger partial charge in [0, 0.05) is 36.7 Å². The molecule has 0 fully saturated rings. The average molecular weight is 536 g/mol. The molecule has 0 saturated heterocycles. The van der Waals surface area contributed by atoms with Crippen LogP contribution in [0.2, 0.25) is 0 Å². The summed E-state index contributed by atoms with van der Waals surface area (Å²) >= 11 is 0. The van der Waals surface area contributed by atoms with Crippen molar-refractivity contribution in [3.63, 3.8) is 0 Å². The van der Waals surface area contributed by atoms with Gasteiger partial charge < -0.3 is 21.3 Å². The molecule has 2 heterocycles. The van der Waals surface area contributed by atoms with Gasteiger partial charge in [0.05, 0.1) is 11.7 Å². The van der Waals surface area contributed by atoms with Crippen molar-refractivity contribution in [1.82, 2.24) is 25.3 Å². The van der Waals surface area contributed by atoms with Gasteiger partial charge in [0.1, 0.15) is 23.4 Å². The molecule has 208 valence electrons. The summed E-state index contributed by atoms with van der Waals surface area (Å²) in [5, 5.41) is 17.6. The fourth-order valence-corrected chi connectivity index (χ4v) is 4.49. The number of rotatable bonds is 7. The maximum Gasteiger partial charge on any atom is 0.343 e. The van der Waals surface area contributed by atoms with Gasteiger partial charge in [0.25, 0.3) is 0 Å². The van der Waals surface area contributed by atoms with E-state index in [-0.39, 0.29) is 23.0 Å². The molecule has 0 bridgehead atoms. The largest absolute Gasteiger partial charge is 0.386 e. The van der Waals surface area contributed by atoms with Gasteiger partial charge in [-0.3, -0.25) is 10.2 Å². The van der Waals surface area contributed by atoms with Crippen LogP contribution < -0.4 is 16.4 Å². The molecule has 1 aromatic heterocycles. The van der Waals surface area contributed by atoms with Crippen molar-refractivity contribution in [2.75, 3.05) is 13.6 Å². The number of halogens is 3. The minimum atomic E-state index is -1.32. The molecule has 2 unspecified atom stereocenters. The summed E-state index contributed by atoms with van der Waals surface area (Å²) in [6.45, 7) is 10.1. The van der Waals surface area contributed by atoms with E-state index in [1.807, 2.05) is 25.8 Å². The van der Waals surface area contributed by atoms with Crippen LogP contribution in [0.4, 0.5) is 18.0 Å². The molecule has 9 nitrogen and oxygen atoms in total. The van der Waals surface area contributed by atoms with Crippen molar-refractivity contribution in [3.8, 4) is 11.3 Å². The lowest BCUT2D eigenvalue weighted by Crippen LogP contribution is -2.58. The number of likely N-dealkylation sites (N-methyl/N-ethyl adjacent to an activating group) is 1. The predicted molar refractivity (Wildman–Crippen MR) is 138 cm³/mol. The molecule has 5 N–H and O–H groups in total. The Kier molecular flexibility index (Phi) is 8.55. The van der Waals surface area contributed by atoms with E-state index in [0.717, 1.165) is 10.7 Å². The maximum absolute atomic E-state index is 14.7. The molecule has 1 aromatic carbocycles. The lowest BCUT2D eigenvalue weighted by molar-refractivity contribution is -0.125. The van der Waals surface area contributed by atoms with E-state index in [1.54, 1.807) is 20.8 Å². The normalized spacial score (nSPS) is 15.6. The number of carbonyl (C=O) groups excluding carboxylic acids is 2. The second-order valence-corrected chi connectivity index (χ2v) is 11.3. The number of carbonyl (C=O) groups is 2. The standard InChI is InChI=1S/C26H36F3N7O2/c1-13(2)9-19(23(30)31)32-24(37)22(26(3,4)5)33-25(38)36-20-7-8-35(6)12-15(20)21(34-36)14-10-17(28)18(29)11-16(14)27/h10-11,13,19,22H,7-9,12H2,1-6H3,(H3,30,31)(H,32,37)(H,33,38). The van der Waals surface area contributed by atoms with Gasteiger partial charge in [-0.25, -0.2) is 18.0 Å². The number of amidine groups is 1. The molecule has 38 heavy (non-hydrogen) atoms. The van der Waals surface area contributed by atoms with Crippen LogP contribution in [0.1, 0.15) is 52.3 Å². The highest BCUT2D eigenvalue weighted by Crippen LogP contribution is 2.32. The van der Waals surface area contributed by atoms with Crippen molar-refractivity contribution in [3.05, 3.63) is 40.8 Å². The minimum absolute atomic E-state index is 0.0310. The smallest absolute Gasteiger partial charge is 0.343 e. The molecule has 0 aliphatic carbocycles. The number of fused-ring (bicyclic) bond motifs is 1. The first-order valence-corrected chi connectivity index (χ1v) is 12.5. The van der Waals surface area contributed by atoms with Crippen LogP contribution in [-0.4, -0.2) is 58.1 Å². The third kappa shape index (κ3) is 6.35. The number of aromatic nitrogens is 2. The van der Waals surface area contributed by atoms with Crippen LogP contribution in [0, 0.1) is 34.2 Å². The fourth-order valence-electron chi connectivity index (χ4n) is 4.49. The van der Waals surface area contributed by atoms with Gasteiger partial charge in [-0.1, -0.05) is 34.6 Å². The highest BCUT2D eigenvalue weighted by atomic mass is 19.2. The summed E-state index contributed by atoms with van der Waals surface area (Å²) < 4.78 is 43.4. The highest BCUT2D eigenvalue weighted by Gasteiger charge is 2.36. The Labute approximate surface area is 220 Å². The number of hydrogen-bond acceptors (Lipinski definition) is 5. The van der Waals surface area contributed by atoms with E-state index < -0.39 is 46.9 Å². The summed E-state index contributed by atoms with van der Waals surface area (Å²) in [6.07, 6.45) is 0.847. The number of nitrogens with zero attached hydrogens (tertiary/aromatic N) is 3. The molecule has 2 aromatic rings. The third-order valence-corrected chi connectivity index (χ3v) is 6.50. The van der Waals surface area contributed by atoms with Crippen molar-refractivity contribution < 1.29 is 22.8 Å². The van der Waals surface area contributed by atoms with Crippen LogP contribution in [0.15, 0.2) is 12.1 Å². The summed E-state index contributed by atoms with van der Waals surface area (Å²) in [5.74, 6) is -4.10. The predicted octanol–water partition coefficient (Wildman–Crippen LogP) is 3.39. The van der Waals surface area contributed by atoms with Gasteiger partial charge in [-0.15, -0.1) is 0 Å². The lowest BCUT2D eigenvalue weighted by Gasteiger charge is -2.32. The molecule has 0 radical (unpaired) electrons. The van der Waals surface area contributed by atoms with Gasteiger partial charge in [-0.2, -0.15) is 9.78 Å². The van der Waals surface area contributed by atoms with E-state index in [0.29, 0.717) is 43.3 Å². The Morgan fingerprint density at radius 2 is 1.76 bits per heavy atom. The second-order valence-electron chi connectivity index (χ2n) is 11.3. The number of nitrogens with one attached hydrogen (secondary N) is 3. The first kappa shape index (κ1) is 29.2. The highest BCUT2D eigenvalue weighted by molar-refractivity contribution is 5.93. The van der Waals surface area contributed by atoms with Crippen LogP contribution in [0.5, 0.6) is 0 Å².